The molecule has 0 bridgehead atoms. The van der Waals surface area contributed by atoms with Crippen molar-refractivity contribution in [3.05, 3.63) is 46.2 Å². The summed E-state index contributed by atoms with van der Waals surface area (Å²) in [6.07, 6.45) is 0.891. The maximum Gasteiger partial charge on any atom is 0.191 e. The number of nitrogens with zero attached hydrogens (tertiary/aromatic N) is 3. The molecule has 0 saturated carbocycles. The van der Waals surface area contributed by atoms with E-state index in [4.69, 9.17) is 16.3 Å². The molecule has 2 N–H and O–H groups in total. The van der Waals surface area contributed by atoms with Crippen molar-refractivity contribution in [2.45, 2.75) is 33.2 Å². The zero-order valence-corrected chi connectivity index (χ0v) is 16.9. The van der Waals surface area contributed by atoms with Crippen LogP contribution in [0.15, 0.2) is 29.3 Å². The number of aryl methyl sites for hydroxylation is 2. The van der Waals surface area contributed by atoms with Gasteiger partial charge in [0.2, 0.25) is 0 Å². The van der Waals surface area contributed by atoms with E-state index in [1.807, 2.05) is 42.9 Å². The molecule has 0 spiro atoms. The maximum atomic E-state index is 6.08. The van der Waals surface area contributed by atoms with Crippen LogP contribution in [0.25, 0.3) is 0 Å². The third-order valence-corrected chi connectivity index (χ3v) is 4.58. The molecule has 2 rings (SSSR count). The van der Waals surface area contributed by atoms with Crippen LogP contribution in [-0.2, 0) is 13.5 Å². The van der Waals surface area contributed by atoms with Crippen LogP contribution in [0, 0.1) is 13.8 Å². The Morgan fingerprint density at radius 1 is 1.35 bits per heavy atom. The van der Waals surface area contributed by atoms with Crippen LogP contribution in [-0.4, -0.2) is 42.0 Å². The predicted octanol–water partition coefficient (Wildman–Crippen LogP) is 2.87. The van der Waals surface area contributed by atoms with Crippen LogP contribution in [0.5, 0.6) is 5.75 Å². The number of aromatic nitrogens is 2. The molecule has 1 aromatic carbocycles. The molecule has 0 aliphatic heterocycles. The fourth-order valence-electron chi connectivity index (χ4n) is 2.79. The molecule has 1 heterocycles. The number of nitrogens with one attached hydrogen (secondary N) is 2. The number of rotatable bonds is 7. The Morgan fingerprint density at radius 2 is 2.08 bits per heavy atom. The highest BCUT2D eigenvalue weighted by Crippen LogP contribution is 2.22. The van der Waals surface area contributed by atoms with E-state index < -0.39 is 0 Å². The third kappa shape index (κ3) is 5.39. The molecule has 0 fully saturated rings. The lowest BCUT2D eigenvalue weighted by molar-refractivity contribution is 0.322. The van der Waals surface area contributed by atoms with Crippen molar-refractivity contribution in [2.75, 3.05) is 20.2 Å². The molecule has 0 amide bonds. The molecule has 6 nitrogen and oxygen atoms in total. The van der Waals surface area contributed by atoms with Crippen LogP contribution in [0.4, 0.5) is 0 Å². The molecule has 2 aromatic rings. The predicted molar refractivity (Wildman–Crippen MR) is 107 cm³/mol. The van der Waals surface area contributed by atoms with Crippen molar-refractivity contribution < 1.29 is 4.74 Å². The largest absolute Gasteiger partial charge is 0.490 e. The first-order chi connectivity index (χ1) is 12.4. The molecular weight excluding hydrogens is 350 g/mol. The quantitative estimate of drug-likeness (QED) is 0.442. The lowest BCUT2D eigenvalue weighted by atomic mass is 10.1. The Bertz CT molecular complexity index is 756. The first kappa shape index (κ1) is 20.1. The highest BCUT2D eigenvalue weighted by molar-refractivity contribution is 6.32. The van der Waals surface area contributed by atoms with Gasteiger partial charge < -0.3 is 15.4 Å². The molecular formula is C19H28ClN5O. The normalized spacial score (nSPS) is 12.8. The van der Waals surface area contributed by atoms with E-state index >= 15 is 0 Å². The SMILES string of the molecule is CN=C(NCCOc1ccccc1Cl)NC(C)Cc1c(C)nn(C)c1C. The maximum absolute atomic E-state index is 6.08. The van der Waals surface area contributed by atoms with Crippen molar-refractivity contribution in [2.24, 2.45) is 12.0 Å². The fraction of sp³-hybridized carbons (Fsp3) is 0.474. The minimum absolute atomic E-state index is 0.229. The third-order valence-electron chi connectivity index (χ3n) is 4.26. The highest BCUT2D eigenvalue weighted by atomic mass is 35.5. The summed E-state index contributed by atoms with van der Waals surface area (Å²) in [7, 11) is 3.74. The van der Waals surface area contributed by atoms with Crippen LogP contribution in [0.2, 0.25) is 5.02 Å². The van der Waals surface area contributed by atoms with Crippen molar-refractivity contribution in [1.82, 2.24) is 20.4 Å². The first-order valence-corrected chi connectivity index (χ1v) is 9.13. The average Bonchev–Trinajstić information content (AvgIpc) is 2.85. The zero-order valence-electron chi connectivity index (χ0n) is 16.1. The summed E-state index contributed by atoms with van der Waals surface area (Å²) in [4.78, 5) is 4.27. The number of benzene rings is 1. The van der Waals surface area contributed by atoms with Gasteiger partial charge in [-0.25, -0.2) is 0 Å². The highest BCUT2D eigenvalue weighted by Gasteiger charge is 2.14. The smallest absolute Gasteiger partial charge is 0.191 e. The number of hydrogen-bond donors (Lipinski definition) is 2. The van der Waals surface area contributed by atoms with Gasteiger partial charge in [-0.3, -0.25) is 9.67 Å². The molecule has 1 atom stereocenters. The molecule has 7 heteroatoms. The molecule has 26 heavy (non-hydrogen) atoms. The minimum atomic E-state index is 0.229. The molecule has 0 aliphatic carbocycles. The van der Waals surface area contributed by atoms with Gasteiger partial charge in [-0.15, -0.1) is 0 Å². The van der Waals surface area contributed by atoms with E-state index in [-0.39, 0.29) is 6.04 Å². The molecule has 0 aliphatic rings. The Labute approximate surface area is 160 Å². The van der Waals surface area contributed by atoms with Crippen LogP contribution >= 0.6 is 11.6 Å². The first-order valence-electron chi connectivity index (χ1n) is 8.76. The number of halogens is 1. The van der Waals surface area contributed by atoms with Gasteiger partial charge in [0.25, 0.3) is 0 Å². The number of ether oxygens (including phenoxy) is 1. The standard InChI is InChI=1S/C19H28ClN5O/c1-13(12-16-14(2)24-25(5)15(16)3)23-19(21-4)22-10-11-26-18-9-7-6-8-17(18)20/h6-9,13H,10-12H2,1-5H3,(H2,21,22,23). The fourth-order valence-corrected chi connectivity index (χ4v) is 2.98. The van der Waals surface area contributed by atoms with E-state index in [1.165, 1.54) is 11.3 Å². The molecule has 142 valence electrons. The second-order valence-corrected chi connectivity index (χ2v) is 6.71. The number of guanidine groups is 1. The Balaban J connectivity index is 1.79. The van der Waals surface area contributed by atoms with Crippen molar-refractivity contribution in [3.8, 4) is 5.75 Å². The Kier molecular flexibility index (Phi) is 7.33. The van der Waals surface area contributed by atoms with Gasteiger partial charge in [0, 0.05) is 25.8 Å². The molecule has 1 aromatic heterocycles. The van der Waals surface area contributed by atoms with Gasteiger partial charge in [0.1, 0.15) is 12.4 Å². The van der Waals surface area contributed by atoms with Crippen molar-refractivity contribution >= 4 is 17.6 Å². The zero-order chi connectivity index (χ0) is 19.1. The van der Waals surface area contributed by atoms with Gasteiger partial charge in [0.05, 0.1) is 17.3 Å². The average molecular weight is 378 g/mol. The minimum Gasteiger partial charge on any atom is -0.490 e. The monoisotopic (exact) mass is 377 g/mol. The van der Waals surface area contributed by atoms with E-state index in [0.29, 0.717) is 23.9 Å². The van der Waals surface area contributed by atoms with Gasteiger partial charge in [0.15, 0.2) is 5.96 Å². The summed E-state index contributed by atoms with van der Waals surface area (Å²) in [6, 6.07) is 7.68. The Morgan fingerprint density at radius 3 is 2.69 bits per heavy atom. The van der Waals surface area contributed by atoms with Crippen LogP contribution < -0.4 is 15.4 Å². The molecule has 0 radical (unpaired) electrons. The second-order valence-electron chi connectivity index (χ2n) is 6.30. The van der Waals surface area contributed by atoms with E-state index in [0.717, 1.165) is 18.1 Å². The lowest BCUT2D eigenvalue weighted by Gasteiger charge is -2.18. The topological polar surface area (TPSA) is 63.5 Å². The van der Waals surface area contributed by atoms with Gasteiger partial charge in [-0.05, 0) is 44.9 Å². The number of para-hydroxylation sites is 1. The second kappa shape index (κ2) is 9.48. The van der Waals surface area contributed by atoms with Crippen LogP contribution in [0.3, 0.4) is 0 Å². The summed E-state index contributed by atoms with van der Waals surface area (Å²) in [5.74, 6) is 1.44. The molecule has 1 unspecified atom stereocenters. The van der Waals surface area contributed by atoms with Gasteiger partial charge in [-0.1, -0.05) is 23.7 Å². The van der Waals surface area contributed by atoms with Gasteiger partial charge >= 0.3 is 0 Å². The van der Waals surface area contributed by atoms with Crippen LogP contribution in [0.1, 0.15) is 23.9 Å². The van der Waals surface area contributed by atoms with Crippen molar-refractivity contribution in [3.63, 3.8) is 0 Å². The van der Waals surface area contributed by atoms with E-state index in [2.05, 4.69) is 34.6 Å². The number of hydrogen-bond acceptors (Lipinski definition) is 3. The Hall–Kier alpha value is -2.21. The summed E-state index contributed by atoms with van der Waals surface area (Å²) in [5, 5.41) is 11.8. The van der Waals surface area contributed by atoms with E-state index in [1.54, 1.807) is 7.05 Å². The van der Waals surface area contributed by atoms with Gasteiger partial charge in [-0.2, -0.15) is 5.10 Å². The summed E-state index contributed by atoms with van der Waals surface area (Å²) in [5.41, 5.74) is 3.56. The van der Waals surface area contributed by atoms with Crippen molar-refractivity contribution in [1.29, 1.82) is 0 Å². The number of aliphatic imine (C=N–C) groups is 1. The molecule has 0 saturated heterocycles. The summed E-state index contributed by atoms with van der Waals surface area (Å²) >= 11 is 6.08. The summed E-state index contributed by atoms with van der Waals surface area (Å²) in [6.45, 7) is 7.41. The van der Waals surface area contributed by atoms with E-state index in [9.17, 15) is 0 Å². The summed E-state index contributed by atoms with van der Waals surface area (Å²) < 4.78 is 7.61. The lowest BCUT2D eigenvalue weighted by Crippen LogP contribution is -2.44.